The molecule has 2 aromatic rings. The van der Waals surface area contributed by atoms with Crippen molar-refractivity contribution in [2.24, 2.45) is 0 Å². The summed E-state index contributed by atoms with van der Waals surface area (Å²) in [6.07, 6.45) is 0. The predicted molar refractivity (Wildman–Crippen MR) is 72.2 cm³/mol. The van der Waals surface area contributed by atoms with Crippen LogP contribution in [-0.4, -0.2) is 11.0 Å². The number of hydrogen-bond donors (Lipinski definition) is 2. The first-order chi connectivity index (χ1) is 8.58. The number of rotatable bonds is 2. The van der Waals surface area contributed by atoms with Crippen molar-refractivity contribution in [2.75, 3.05) is 5.32 Å². The number of phenolic OH excluding ortho intramolecular Hbond substituents is 1. The molecule has 0 radical (unpaired) electrons. The van der Waals surface area contributed by atoms with Gasteiger partial charge < -0.3 is 10.4 Å². The molecule has 2 N–H and O–H groups in total. The summed E-state index contributed by atoms with van der Waals surface area (Å²) >= 11 is 5.76. The summed E-state index contributed by atoms with van der Waals surface area (Å²) < 4.78 is 0. The molecule has 0 atom stereocenters. The number of aromatic hydroxyl groups is 1. The van der Waals surface area contributed by atoms with E-state index in [-0.39, 0.29) is 16.7 Å². The quantitative estimate of drug-likeness (QED) is 0.812. The largest absolute Gasteiger partial charge is 0.504 e. The Kier molecular flexibility index (Phi) is 3.53. The zero-order chi connectivity index (χ0) is 13.1. The second-order valence-electron chi connectivity index (χ2n) is 3.96. The molecule has 18 heavy (non-hydrogen) atoms. The molecule has 0 aliphatic carbocycles. The molecule has 0 aromatic heterocycles. The first kappa shape index (κ1) is 12.5. The lowest BCUT2D eigenvalue weighted by atomic mass is 10.1. The van der Waals surface area contributed by atoms with Crippen molar-refractivity contribution in [3.05, 3.63) is 58.6 Å². The number of nitrogens with one attached hydrogen (secondary N) is 1. The van der Waals surface area contributed by atoms with E-state index < -0.39 is 0 Å². The molecule has 0 aliphatic heterocycles. The fraction of sp³-hybridized carbons (Fsp3) is 0.0714. The maximum absolute atomic E-state index is 11.9. The van der Waals surface area contributed by atoms with E-state index >= 15 is 0 Å². The Morgan fingerprint density at radius 1 is 1.17 bits per heavy atom. The van der Waals surface area contributed by atoms with Gasteiger partial charge in [-0.1, -0.05) is 35.4 Å². The molecule has 0 saturated heterocycles. The average Bonchev–Trinajstić information content (AvgIpc) is 2.36. The number of phenols is 1. The van der Waals surface area contributed by atoms with Crippen LogP contribution in [0, 0.1) is 6.92 Å². The third kappa shape index (κ3) is 2.63. The number of amides is 1. The summed E-state index contributed by atoms with van der Waals surface area (Å²) in [5, 5.41) is 12.5. The molecule has 0 saturated carbocycles. The van der Waals surface area contributed by atoms with Crippen LogP contribution in [0.1, 0.15) is 15.9 Å². The van der Waals surface area contributed by atoms with Crippen molar-refractivity contribution >= 4 is 23.2 Å². The van der Waals surface area contributed by atoms with Gasteiger partial charge in [0.2, 0.25) is 0 Å². The summed E-state index contributed by atoms with van der Waals surface area (Å²) in [7, 11) is 0. The summed E-state index contributed by atoms with van der Waals surface area (Å²) in [4.78, 5) is 11.9. The van der Waals surface area contributed by atoms with Crippen molar-refractivity contribution < 1.29 is 9.90 Å². The van der Waals surface area contributed by atoms with Crippen molar-refractivity contribution in [1.29, 1.82) is 0 Å². The number of halogens is 1. The first-order valence-corrected chi connectivity index (χ1v) is 5.81. The van der Waals surface area contributed by atoms with Crippen LogP contribution in [0.5, 0.6) is 5.75 Å². The van der Waals surface area contributed by atoms with Gasteiger partial charge in [0.15, 0.2) is 5.75 Å². The van der Waals surface area contributed by atoms with Gasteiger partial charge in [-0.05, 0) is 31.2 Å². The fourth-order valence-corrected chi connectivity index (χ4v) is 1.69. The van der Waals surface area contributed by atoms with Crippen LogP contribution in [-0.2, 0) is 0 Å². The highest BCUT2D eigenvalue weighted by atomic mass is 35.5. The SMILES string of the molecule is Cc1ccc(C(=O)Nc2cccc(Cl)c2O)cc1. The van der Waals surface area contributed by atoms with Gasteiger partial charge in [0, 0.05) is 5.56 Å². The monoisotopic (exact) mass is 261 g/mol. The second-order valence-corrected chi connectivity index (χ2v) is 4.36. The molecule has 4 heteroatoms. The molecule has 2 aromatic carbocycles. The van der Waals surface area contributed by atoms with Gasteiger partial charge >= 0.3 is 0 Å². The number of aryl methyl sites for hydroxylation is 1. The van der Waals surface area contributed by atoms with E-state index in [0.29, 0.717) is 11.3 Å². The Bertz CT molecular complexity index is 579. The van der Waals surface area contributed by atoms with Crippen molar-refractivity contribution in [1.82, 2.24) is 0 Å². The summed E-state index contributed by atoms with van der Waals surface area (Å²) in [5.74, 6) is -0.410. The van der Waals surface area contributed by atoms with Crippen LogP contribution in [0.3, 0.4) is 0 Å². The summed E-state index contributed by atoms with van der Waals surface area (Å²) in [6.45, 7) is 1.95. The smallest absolute Gasteiger partial charge is 0.255 e. The molecule has 92 valence electrons. The number of hydrogen-bond acceptors (Lipinski definition) is 2. The van der Waals surface area contributed by atoms with Crippen LogP contribution < -0.4 is 5.32 Å². The van der Waals surface area contributed by atoms with Crippen LogP contribution in [0.15, 0.2) is 42.5 Å². The van der Waals surface area contributed by atoms with E-state index in [4.69, 9.17) is 11.6 Å². The van der Waals surface area contributed by atoms with E-state index in [1.165, 1.54) is 0 Å². The van der Waals surface area contributed by atoms with Gasteiger partial charge in [-0.15, -0.1) is 0 Å². The van der Waals surface area contributed by atoms with Gasteiger partial charge in [0.05, 0.1) is 10.7 Å². The zero-order valence-electron chi connectivity index (χ0n) is 9.77. The minimum atomic E-state index is -0.285. The number of benzene rings is 2. The standard InChI is InChI=1S/C14H12ClNO2/c1-9-5-7-10(8-6-9)14(18)16-12-4-2-3-11(15)13(12)17/h2-8,17H,1H3,(H,16,18). The van der Waals surface area contributed by atoms with Crippen LogP contribution >= 0.6 is 11.6 Å². The predicted octanol–water partition coefficient (Wildman–Crippen LogP) is 3.61. The topological polar surface area (TPSA) is 49.3 Å². The second kappa shape index (κ2) is 5.10. The molecule has 1 amide bonds. The summed E-state index contributed by atoms with van der Waals surface area (Å²) in [5.41, 5.74) is 1.91. The van der Waals surface area contributed by atoms with Crippen LogP contribution in [0.2, 0.25) is 5.02 Å². The van der Waals surface area contributed by atoms with E-state index in [0.717, 1.165) is 5.56 Å². The molecule has 0 bridgehead atoms. The van der Waals surface area contributed by atoms with Crippen LogP contribution in [0.4, 0.5) is 5.69 Å². The lowest BCUT2D eigenvalue weighted by molar-refractivity contribution is 0.102. The Morgan fingerprint density at radius 2 is 1.83 bits per heavy atom. The molecule has 2 rings (SSSR count). The van der Waals surface area contributed by atoms with E-state index in [2.05, 4.69) is 5.32 Å². The molecular formula is C14H12ClNO2. The number of para-hydroxylation sites is 1. The van der Waals surface area contributed by atoms with Crippen molar-refractivity contribution in [3.63, 3.8) is 0 Å². The van der Waals surface area contributed by atoms with Crippen molar-refractivity contribution in [3.8, 4) is 5.75 Å². The lowest BCUT2D eigenvalue weighted by Gasteiger charge is -2.08. The maximum Gasteiger partial charge on any atom is 0.255 e. The first-order valence-electron chi connectivity index (χ1n) is 5.43. The summed E-state index contributed by atoms with van der Waals surface area (Å²) in [6, 6.07) is 12.0. The highest BCUT2D eigenvalue weighted by Gasteiger charge is 2.10. The normalized spacial score (nSPS) is 10.1. The van der Waals surface area contributed by atoms with Gasteiger partial charge in [-0.2, -0.15) is 0 Å². The molecule has 0 fully saturated rings. The van der Waals surface area contributed by atoms with Crippen LogP contribution in [0.25, 0.3) is 0 Å². The van der Waals surface area contributed by atoms with Crippen molar-refractivity contribution in [2.45, 2.75) is 6.92 Å². The van der Waals surface area contributed by atoms with E-state index in [1.54, 1.807) is 30.3 Å². The number of anilines is 1. The lowest BCUT2D eigenvalue weighted by Crippen LogP contribution is -2.11. The molecule has 3 nitrogen and oxygen atoms in total. The highest BCUT2D eigenvalue weighted by molar-refractivity contribution is 6.32. The van der Waals surface area contributed by atoms with E-state index in [1.807, 2.05) is 19.1 Å². The average molecular weight is 262 g/mol. The molecule has 0 heterocycles. The molecule has 0 unspecified atom stereocenters. The zero-order valence-corrected chi connectivity index (χ0v) is 10.5. The third-order valence-electron chi connectivity index (χ3n) is 2.55. The van der Waals surface area contributed by atoms with E-state index in [9.17, 15) is 9.90 Å². The minimum absolute atomic E-state index is 0.125. The van der Waals surface area contributed by atoms with Gasteiger partial charge in [-0.3, -0.25) is 4.79 Å². The molecule has 0 aliphatic rings. The van der Waals surface area contributed by atoms with Gasteiger partial charge in [-0.25, -0.2) is 0 Å². The van der Waals surface area contributed by atoms with Gasteiger partial charge in [0.25, 0.3) is 5.91 Å². The maximum atomic E-state index is 11.9. The van der Waals surface area contributed by atoms with Gasteiger partial charge in [0.1, 0.15) is 0 Å². The Labute approximate surface area is 110 Å². The Morgan fingerprint density at radius 3 is 2.50 bits per heavy atom. The highest BCUT2D eigenvalue weighted by Crippen LogP contribution is 2.31. The molecule has 0 spiro atoms. The minimum Gasteiger partial charge on any atom is -0.504 e. The fourth-order valence-electron chi connectivity index (χ4n) is 1.52. The Hall–Kier alpha value is -2.00. The third-order valence-corrected chi connectivity index (χ3v) is 2.85. The number of carbonyl (C=O) groups excluding carboxylic acids is 1. The molecular weight excluding hydrogens is 250 g/mol. The Balaban J connectivity index is 2.21. The number of carbonyl (C=O) groups is 1.